The Bertz CT molecular complexity index is 470. The maximum absolute atomic E-state index is 6.58. The molecule has 1 aromatic rings. The fraction of sp³-hybridized carbons (Fsp3) is 0.625. The summed E-state index contributed by atoms with van der Waals surface area (Å²) in [5, 5.41) is 0.662. The van der Waals surface area contributed by atoms with E-state index in [0.717, 1.165) is 12.0 Å². The second kappa shape index (κ2) is 6.23. The summed E-state index contributed by atoms with van der Waals surface area (Å²) < 4.78 is 10.7. The molecule has 1 fully saturated rings. The van der Waals surface area contributed by atoms with Crippen LogP contribution in [0.15, 0.2) is 12.1 Å². The van der Waals surface area contributed by atoms with Gasteiger partial charge in [-0.05, 0) is 36.3 Å². The second-order valence-corrected chi connectivity index (χ2v) is 6.04. The molecule has 0 spiro atoms. The molecule has 3 nitrogen and oxygen atoms in total. The van der Waals surface area contributed by atoms with Crippen LogP contribution in [0.3, 0.4) is 0 Å². The summed E-state index contributed by atoms with van der Waals surface area (Å²) in [6.45, 7) is 2.22. The fourth-order valence-electron chi connectivity index (χ4n) is 3.40. The predicted octanol–water partition coefficient (Wildman–Crippen LogP) is 4.33. The van der Waals surface area contributed by atoms with E-state index in [1.807, 2.05) is 6.07 Å². The van der Waals surface area contributed by atoms with Crippen LogP contribution < -0.4 is 15.2 Å². The Labute approximate surface area is 126 Å². The van der Waals surface area contributed by atoms with Gasteiger partial charge >= 0.3 is 0 Å². The van der Waals surface area contributed by atoms with E-state index in [1.54, 1.807) is 20.3 Å². The first-order chi connectivity index (χ1) is 9.57. The van der Waals surface area contributed by atoms with Crippen molar-refractivity contribution in [3.63, 3.8) is 0 Å². The number of ether oxygens (including phenoxy) is 2. The number of benzene rings is 1. The van der Waals surface area contributed by atoms with E-state index >= 15 is 0 Å². The third-order valence-corrected chi connectivity index (χ3v) is 5.13. The van der Waals surface area contributed by atoms with Crippen molar-refractivity contribution in [1.29, 1.82) is 0 Å². The summed E-state index contributed by atoms with van der Waals surface area (Å²) in [4.78, 5) is 0. The minimum absolute atomic E-state index is 0.0534. The third kappa shape index (κ3) is 2.61. The minimum atomic E-state index is -0.0534. The lowest BCUT2D eigenvalue weighted by Crippen LogP contribution is -2.32. The fourth-order valence-corrected chi connectivity index (χ4v) is 3.67. The first-order valence-electron chi connectivity index (χ1n) is 7.25. The second-order valence-electron chi connectivity index (χ2n) is 5.63. The van der Waals surface area contributed by atoms with Crippen molar-refractivity contribution in [1.82, 2.24) is 0 Å². The molecule has 0 heterocycles. The van der Waals surface area contributed by atoms with Gasteiger partial charge in [0, 0.05) is 17.1 Å². The predicted molar refractivity (Wildman–Crippen MR) is 82.7 cm³/mol. The average molecular weight is 298 g/mol. The topological polar surface area (TPSA) is 44.5 Å². The Hall–Kier alpha value is -0.930. The van der Waals surface area contributed by atoms with Gasteiger partial charge in [0.15, 0.2) is 11.5 Å². The van der Waals surface area contributed by atoms with Crippen LogP contribution in [0.4, 0.5) is 0 Å². The van der Waals surface area contributed by atoms with E-state index in [4.69, 9.17) is 26.8 Å². The van der Waals surface area contributed by atoms with Crippen LogP contribution in [0.1, 0.15) is 50.6 Å². The average Bonchev–Trinajstić information content (AvgIpc) is 2.96. The molecule has 2 rings (SSSR count). The van der Waals surface area contributed by atoms with Crippen molar-refractivity contribution in [2.24, 2.45) is 11.1 Å². The van der Waals surface area contributed by atoms with Gasteiger partial charge in [0.25, 0.3) is 0 Å². The molecular formula is C16H24ClNO2. The molecule has 112 valence electrons. The first kappa shape index (κ1) is 15.5. The molecule has 0 radical (unpaired) electrons. The van der Waals surface area contributed by atoms with Crippen LogP contribution in [-0.4, -0.2) is 14.2 Å². The van der Waals surface area contributed by atoms with Crippen molar-refractivity contribution in [2.45, 2.75) is 45.1 Å². The third-order valence-electron chi connectivity index (χ3n) is 4.80. The zero-order valence-corrected chi connectivity index (χ0v) is 13.3. The zero-order chi connectivity index (χ0) is 14.8. The van der Waals surface area contributed by atoms with Crippen molar-refractivity contribution in [2.75, 3.05) is 14.2 Å². The van der Waals surface area contributed by atoms with E-state index in [0.29, 0.717) is 16.5 Å². The van der Waals surface area contributed by atoms with Gasteiger partial charge in [0.05, 0.1) is 14.2 Å². The standard InChI is InChI=1S/C16H24ClNO2/c1-4-16(7-5-6-8-16)15(18)11-9-13(19-2)14(20-3)10-12(11)17/h9-10,15H,4-8,18H2,1-3H3. The van der Waals surface area contributed by atoms with Crippen LogP contribution in [0.2, 0.25) is 5.02 Å². The van der Waals surface area contributed by atoms with Gasteiger partial charge in [-0.3, -0.25) is 0 Å². The molecule has 0 amide bonds. The maximum atomic E-state index is 6.58. The molecule has 0 aromatic heterocycles. The van der Waals surface area contributed by atoms with Gasteiger partial charge in [-0.1, -0.05) is 31.4 Å². The van der Waals surface area contributed by atoms with Crippen LogP contribution in [-0.2, 0) is 0 Å². The molecule has 0 bridgehead atoms. The molecule has 20 heavy (non-hydrogen) atoms. The molecular weight excluding hydrogens is 274 g/mol. The monoisotopic (exact) mass is 297 g/mol. The molecule has 1 aromatic carbocycles. The highest BCUT2D eigenvalue weighted by atomic mass is 35.5. The summed E-state index contributed by atoms with van der Waals surface area (Å²) in [6.07, 6.45) is 5.95. The van der Waals surface area contributed by atoms with Crippen molar-refractivity contribution >= 4 is 11.6 Å². The van der Waals surface area contributed by atoms with E-state index in [1.165, 1.54) is 25.7 Å². The molecule has 0 saturated heterocycles. The molecule has 1 aliphatic carbocycles. The number of rotatable bonds is 5. The number of hydrogen-bond acceptors (Lipinski definition) is 3. The Kier molecular flexibility index (Phi) is 4.82. The molecule has 1 atom stereocenters. The van der Waals surface area contributed by atoms with Crippen LogP contribution in [0.5, 0.6) is 11.5 Å². The van der Waals surface area contributed by atoms with Crippen molar-refractivity contribution < 1.29 is 9.47 Å². The lowest BCUT2D eigenvalue weighted by molar-refractivity contribution is 0.221. The first-order valence-corrected chi connectivity index (χ1v) is 7.62. The number of halogens is 1. The highest BCUT2D eigenvalue weighted by molar-refractivity contribution is 6.31. The Morgan fingerprint density at radius 2 is 1.75 bits per heavy atom. The van der Waals surface area contributed by atoms with Gasteiger partial charge in [0.1, 0.15) is 0 Å². The lowest BCUT2D eigenvalue weighted by Gasteiger charge is -2.35. The van der Waals surface area contributed by atoms with Gasteiger partial charge in [-0.2, -0.15) is 0 Å². The largest absolute Gasteiger partial charge is 0.493 e. The smallest absolute Gasteiger partial charge is 0.162 e. The van der Waals surface area contributed by atoms with Gasteiger partial charge in [-0.15, -0.1) is 0 Å². The van der Waals surface area contributed by atoms with E-state index in [9.17, 15) is 0 Å². The van der Waals surface area contributed by atoms with Crippen molar-refractivity contribution in [3.05, 3.63) is 22.7 Å². The number of hydrogen-bond donors (Lipinski definition) is 1. The summed E-state index contributed by atoms with van der Waals surface area (Å²) in [7, 11) is 3.24. The zero-order valence-electron chi connectivity index (χ0n) is 12.5. The van der Waals surface area contributed by atoms with E-state index in [2.05, 4.69) is 6.92 Å². The Morgan fingerprint density at radius 3 is 2.25 bits per heavy atom. The highest BCUT2D eigenvalue weighted by Crippen LogP contribution is 2.51. The summed E-state index contributed by atoms with van der Waals surface area (Å²) in [5.74, 6) is 1.33. The van der Waals surface area contributed by atoms with Crippen LogP contribution >= 0.6 is 11.6 Å². The molecule has 0 aliphatic heterocycles. The van der Waals surface area contributed by atoms with Gasteiger partial charge in [-0.25, -0.2) is 0 Å². The molecule has 1 aliphatic rings. The van der Waals surface area contributed by atoms with E-state index < -0.39 is 0 Å². The molecule has 1 saturated carbocycles. The molecule has 2 N–H and O–H groups in total. The minimum Gasteiger partial charge on any atom is -0.493 e. The van der Waals surface area contributed by atoms with Crippen LogP contribution in [0, 0.1) is 5.41 Å². The number of nitrogens with two attached hydrogens (primary N) is 1. The quantitative estimate of drug-likeness (QED) is 0.880. The van der Waals surface area contributed by atoms with Gasteiger partial charge in [0.2, 0.25) is 0 Å². The number of methoxy groups -OCH3 is 2. The normalized spacial score (nSPS) is 18.9. The summed E-state index contributed by atoms with van der Waals surface area (Å²) >= 11 is 6.41. The Balaban J connectivity index is 2.41. The van der Waals surface area contributed by atoms with Crippen molar-refractivity contribution in [3.8, 4) is 11.5 Å². The van der Waals surface area contributed by atoms with Gasteiger partial charge < -0.3 is 15.2 Å². The molecule has 4 heteroatoms. The molecule has 1 unspecified atom stereocenters. The van der Waals surface area contributed by atoms with E-state index in [-0.39, 0.29) is 11.5 Å². The summed E-state index contributed by atoms with van der Waals surface area (Å²) in [5.41, 5.74) is 7.72. The summed E-state index contributed by atoms with van der Waals surface area (Å²) in [6, 6.07) is 3.68. The van der Waals surface area contributed by atoms with Crippen LogP contribution in [0.25, 0.3) is 0 Å². The SMILES string of the molecule is CCC1(C(N)c2cc(OC)c(OC)cc2Cl)CCCC1. The lowest BCUT2D eigenvalue weighted by atomic mass is 9.74. The Morgan fingerprint density at radius 1 is 1.20 bits per heavy atom. The highest BCUT2D eigenvalue weighted by Gasteiger charge is 2.39. The maximum Gasteiger partial charge on any atom is 0.162 e.